The second-order valence-corrected chi connectivity index (χ2v) is 22.0. The van der Waals surface area contributed by atoms with Crippen LogP contribution < -0.4 is 0 Å². The van der Waals surface area contributed by atoms with Crippen molar-refractivity contribution in [2.24, 2.45) is 64.1 Å². The van der Waals surface area contributed by atoms with Crippen LogP contribution in [0.25, 0.3) is 21.5 Å². The van der Waals surface area contributed by atoms with Crippen molar-refractivity contribution in [1.29, 1.82) is 0 Å². The number of benzene rings is 3. The molecule has 304 valence electrons. The molecule has 56 heavy (non-hydrogen) atoms. The van der Waals surface area contributed by atoms with Gasteiger partial charge in [0.25, 0.3) is 0 Å². The summed E-state index contributed by atoms with van der Waals surface area (Å²) in [4.78, 5) is 2.72. The van der Waals surface area contributed by atoms with Crippen molar-refractivity contribution in [2.45, 2.75) is 161 Å². The molecular weight excluding hydrogens is 687 g/mol. The van der Waals surface area contributed by atoms with E-state index in [0.717, 1.165) is 70.3 Å². The van der Waals surface area contributed by atoms with E-state index in [1.54, 1.807) is 0 Å². The van der Waals surface area contributed by atoms with Crippen LogP contribution in [0.4, 0.5) is 0 Å². The Kier molecular flexibility index (Phi) is 9.79. The van der Waals surface area contributed by atoms with E-state index in [4.69, 9.17) is 0 Å². The first kappa shape index (κ1) is 38.2. The summed E-state index contributed by atoms with van der Waals surface area (Å²) in [6, 6.07) is 19.2. The Labute approximate surface area is 338 Å². The zero-order chi connectivity index (χ0) is 38.6. The van der Waals surface area contributed by atoms with Gasteiger partial charge >= 0.3 is 0 Å². The van der Waals surface area contributed by atoms with Gasteiger partial charge in [-0.15, -0.1) is 0 Å². The summed E-state index contributed by atoms with van der Waals surface area (Å²) in [6.45, 7) is 11.8. The largest absolute Gasteiger partial charge is 0.393 e. The van der Waals surface area contributed by atoms with Crippen LogP contribution in [0.5, 0.6) is 0 Å². The lowest BCUT2D eigenvalue weighted by molar-refractivity contribution is -0.180. The lowest BCUT2D eigenvalue weighted by Gasteiger charge is -2.60. The number of unbranched alkanes of at least 4 members (excludes halogenated alkanes) is 2. The van der Waals surface area contributed by atoms with Crippen LogP contribution in [-0.4, -0.2) is 57.2 Å². The predicted octanol–water partition coefficient (Wildman–Crippen LogP) is 10.7. The molecule has 5 aliphatic carbocycles. The molecule has 4 heteroatoms. The number of nitrogens with zero attached hydrogens (tertiary/aromatic N) is 1. The molecule has 2 aliphatic heterocycles. The normalized spacial score (nSPS) is 44.7. The summed E-state index contributed by atoms with van der Waals surface area (Å²) < 4.78 is 0. The Morgan fingerprint density at radius 3 is 2.48 bits per heavy atom. The molecule has 0 radical (unpaired) electrons. The topological polar surface area (TPSA) is 63.9 Å². The molecule has 3 aromatic carbocycles. The zero-order valence-electron chi connectivity index (χ0n) is 35.3. The second kappa shape index (κ2) is 14.3. The van der Waals surface area contributed by atoms with E-state index in [2.05, 4.69) is 81.1 Å². The number of piperidine rings is 2. The van der Waals surface area contributed by atoms with Gasteiger partial charge in [-0.25, -0.2) is 0 Å². The molecular formula is C52H73NO3. The predicted molar refractivity (Wildman–Crippen MR) is 229 cm³/mol. The quantitative estimate of drug-likeness (QED) is 0.166. The average molecular weight is 760 g/mol. The van der Waals surface area contributed by atoms with Crippen molar-refractivity contribution >= 4 is 21.5 Å². The summed E-state index contributed by atoms with van der Waals surface area (Å²) in [7, 11) is 0. The van der Waals surface area contributed by atoms with Crippen molar-refractivity contribution in [3.05, 3.63) is 59.7 Å². The molecule has 0 unspecified atom stereocenters. The standard InChI is InChI=1S/C52H73NO3/c1-5-6-7-9-35-10-8-11-37-23-36-16-15-33(22-38(36)24-40(35)37)13-14-34-20-21-52(28-34)31-50(3)45-25-41-39(42(45)26-47(54)46(50)27-49(52)55)17-18-44-43(41)30-53-29-32(2)12-19-48(53)51(44,4)56/h8,10-11,15-16,22-24,32,34,39,41-49,54-56H,5-7,9,12-14,17-21,25-31H2,1-4H3/t32-,34+,39+,41+,42-,43-,44+,45+,46+,47-,48-,49+,50-,51-,52-/m0/s1. The highest BCUT2D eigenvalue weighted by Crippen LogP contribution is 2.71. The van der Waals surface area contributed by atoms with Crippen LogP contribution in [0, 0.1) is 64.1 Å². The monoisotopic (exact) mass is 760 g/mol. The molecule has 3 aromatic rings. The van der Waals surface area contributed by atoms with Crippen molar-refractivity contribution in [2.75, 3.05) is 13.1 Å². The van der Waals surface area contributed by atoms with Crippen LogP contribution in [-0.2, 0) is 12.8 Å². The van der Waals surface area contributed by atoms with Crippen LogP contribution >= 0.6 is 0 Å². The van der Waals surface area contributed by atoms with Gasteiger partial charge in [0.2, 0.25) is 0 Å². The number of aliphatic hydroxyl groups excluding tert-OH is 2. The summed E-state index contributed by atoms with van der Waals surface area (Å²) in [5.74, 6) is 5.18. The molecule has 5 saturated carbocycles. The second-order valence-electron chi connectivity index (χ2n) is 22.0. The third-order valence-electron chi connectivity index (χ3n) is 19.0. The first-order chi connectivity index (χ1) is 27.0. The van der Waals surface area contributed by atoms with Crippen LogP contribution in [0.15, 0.2) is 48.5 Å². The van der Waals surface area contributed by atoms with Crippen molar-refractivity contribution < 1.29 is 15.3 Å². The highest BCUT2D eigenvalue weighted by atomic mass is 16.3. The van der Waals surface area contributed by atoms with Gasteiger partial charge < -0.3 is 15.3 Å². The first-order valence-corrected chi connectivity index (χ1v) is 23.7. The fourth-order valence-corrected chi connectivity index (χ4v) is 16.4. The van der Waals surface area contributed by atoms with Crippen LogP contribution in [0.1, 0.15) is 135 Å². The van der Waals surface area contributed by atoms with Gasteiger partial charge in [-0.3, -0.25) is 4.90 Å². The van der Waals surface area contributed by atoms with Gasteiger partial charge in [0.15, 0.2) is 0 Å². The number of hydrogen-bond donors (Lipinski definition) is 3. The maximum atomic E-state index is 12.2. The highest BCUT2D eigenvalue weighted by Gasteiger charge is 2.67. The Morgan fingerprint density at radius 2 is 1.62 bits per heavy atom. The summed E-state index contributed by atoms with van der Waals surface area (Å²) in [6.07, 6.45) is 19.1. The average Bonchev–Trinajstić information content (AvgIpc) is 3.77. The van der Waals surface area contributed by atoms with E-state index >= 15 is 0 Å². The number of hydrogen-bond acceptors (Lipinski definition) is 4. The maximum Gasteiger partial charge on any atom is 0.0805 e. The third-order valence-corrected chi connectivity index (χ3v) is 19.0. The fourth-order valence-electron chi connectivity index (χ4n) is 16.4. The van der Waals surface area contributed by atoms with E-state index in [9.17, 15) is 15.3 Å². The molecule has 15 atom stereocenters. The van der Waals surface area contributed by atoms with E-state index in [-0.39, 0.29) is 29.0 Å². The number of fused-ring (bicyclic) bond motifs is 10. The fraction of sp³-hybridized carbons (Fsp3) is 0.731. The smallest absolute Gasteiger partial charge is 0.0805 e. The van der Waals surface area contributed by atoms with Crippen LogP contribution in [0.2, 0.25) is 0 Å². The van der Waals surface area contributed by atoms with Gasteiger partial charge in [0.05, 0.1) is 17.8 Å². The number of rotatable bonds is 7. The van der Waals surface area contributed by atoms with Gasteiger partial charge in [0.1, 0.15) is 0 Å². The molecule has 10 rings (SSSR count). The van der Waals surface area contributed by atoms with E-state index in [1.807, 2.05) is 0 Å². The summed E-state index contributed by atoms with van der Waals surface area (Å²) >= 11 is 0. The maximum absolute atomic E-state index is 12.2. The third kappa shape index (κ3) is 6.18. The van der Waals surface area contributed by atoms with Gasteiger partial charge in [-0.1, -0.05) is 70.0 Å². The molecule has 4 nitrogen and oxygen atoms in total. The molecule has 0 amide bonds. The van der Waals surface area contributed by atoms with Gasteiger partial charge in [0, 0.05) is 19.1 Å². The SMILES string of the molecule is CCCCCc1cccc2cc3ccc(CC[C@@H]4CC[C@]5(C4)C[C@@]4(C)[C@@H]6C[C@@H]7[C@@H](CC[C@@H]8[C@H]7CN7C[C@@H](C)CC[C@H]7[C@@]8(C)O)[C@@H]6C[C@H](O)[C@H]4C[C@H]5O)cc3cc12. The van der Waals surface area contributed by atoms with Crippen molar-refractivity contribution in [3.63, 3.8) is 0 Å². The van der Waals surface area contributed by atoms with Crippen LogP contribution in [0.3, 0.4) is 0 Å². The minimum absolute atomic E-state index is 0.00400. The Balaban J connectivity index is 0.848. The molecule has 0 bridgehead atoms. The number of aliphatic hydroxyl groups is 3. The van der Waals surface area contributed by atoms with E-state index in [0.29, 0.717) is 47.5 Å². The molecule has 7 aliphatic rings. The molecule has 2 heterocycles. The lowest BCUT2D eigenvalue weighted by atomic mass is 9.46. The molecule has 7 fully saturated rings. The highest BCUT2D eigenvalue weighted by molar-refractivity contribution is 5.99. The zero-order valence-corrected chi connectivity index (χ0v) is 35.3. The van der Waals surface area contributed by atoms with E-state index in [1.165, 1.54) is 90.6 Å². The lowest BCUT2D eigenvalue weighted by Crippen LogP contribution is -2.67. The van der Waals surface area contributed by atoms with Crippen molar-refractivity contribution in [3.8, 4) is 0 Å². The Hall–Kier alpha value is -1.98. The Bertz CT molecular complexity index is 1920. The molecule has 2 saturated heterocycles. The minimum Gasteiger partial charge on any atom is -0.393 e. The van der Waals surface area contributed by atoms with Crippen molar-refractivity contribution in [1.82, 2.24) is 4.90 Å². The van der Waals surface area contributed by atoms with E-state index < -0.39 is 5.60 Å². The molecule has 0 aromatic heterocycles. The number of aryl methyl sites for hydroxylation is 2. The summed E-state index contributed by atoms with van der Waals surface area (Å²) in [5, 5.41) is 41.8. The molecule has 1 spiro atoms. The minimum atomic E-state index is -0.593. The Morgan fingerprint density at radius 1 is 0.750 bits per heavy atom. The molecule has 3 N–H and O–H groups in total. The van der Waals surface area contributed by atoms with Gasteiger partial charge in [-0.2, -0.15) is 0 Å². The summed E-state index contributed by atoms with van der Waals surface area (Å²) in [5.41, 5.74) is 2.43. The first-order valence-electron chi connectivity index (χ1n) is 23.7. The van der Waals surface area contributed by atoms with Gasteiger partial charge in [-0.05, 0) is 212 Å².